The molecule has 148 valence electrons. The van der Waals surface area contributed by atoms with Gasteiger partial charge in [0.1, 0.15) is 5.76 Å². The lowest BCUT2D eigenvalue weighted by atomic mass is 10.1. The van der Waals surface area contributed by atoms with E-state index in [2.05, 4.69) is 39.1 Å². The monoisotopic (exact) mass is 382 g/mol. The van der Waals surface area contributed by atoms with Gasteiger partial charge in [0, 0.05) is 45.0 Å². The van der Waals surface area contributed by atoms with Crippen LogP contribution < -0.4 is 15.5 Å². The number of anilines is 1. The van der Waals surface area contributed by atoms with Gasteiger partial charge in [-0.1, -0.05) is 24.3 Å². The molecule has 1 aliphatic rings. The van der Waals surface area contributed by atoms with Crippen LogP contribution in [-0.2, 0) is 9.59 Å². The summed E-state index contributed by atoms with van der Waals surface area (Å²) in [5.74, 6) is -0.534. The quantitative estimate of drug-likeness (QED) is 0.561. The summed E-state index contributed by atoms with van der Waals surface area (Å²) >= 11 is 0. The first-order valence-electron chi connectivity index (χ1n) is 9.43. The van der Waals surface area contributed by atoms with E-state index in [9.17, 15) is 9.59 Å². The molecule has 28 heavy (non-hydrogen) atoms. The molecule has 7 nitrogen and oxygen atoms in total. The Morgan fingerprint density at radius 2 is 1.75 bits per heavy atom. The maximum atomic E-state index is 12.0. The number of piperazine rings is 1. The molecule has 7 heteroatoms. The van der Waals surface area contributed by atoms with E-state index >= 15 is 0 Å². The number of hydrogen-bond donors (Lipinski definition) is 2. The number of nitrogens with one attached hydrogen (secondary N) is 2. The van der Waals surface area contributed by atoms with Gasteiger partial charge in [-0.25, -0.2) is 0 Å². The van der Waals surface area contributed by atoms with Crippen LogP contribution >= 0.6 is 0 Å². The highest BCUT2D eigenvalue weighted by Crippen LogP contribution is 2.24. The molecule has 1 atom stereocenters. The van der Waals surface area contributed by atoms with Crippen LogP contribution in [0.4, 0.5) is 5.69 Å². The third kappa shape index (κ3) is 5.01. The Labute approximate surface area is 165 Å². The normalized spacial score (nSPS) is 15.6. The van der Waals surface area contributed by atoms with Gasteiger partial charge in [-0.15, -0.1) is 6.58 Å². The van der Waals surface area contributed by atoms with Crippen LogP contribution in [0, 0.1) is 0 Å². The van der Waals surface area contributed by atoms with Crippen LogP contribution in [0.2, 0.25) is 0 Å². The molecule has 1 aromatic carbocycles. The summed E-state index contributed by atoms with van der Waals surface area (Å²) in [6.45, 7) is 7.52. The molecular formula is C21H26N4O3. The predicted octanol–water partition coefficient (Wildman–Crippen LogP) is 1.56. The summed E-state index contributed by atoms with van der Waals surface area (Å²) in [6.07, 6.45) is 3.16. The zero-order chi connectivity index (χ0) is 19.8. The number of rotatable bonds is 7. The molecule has 2 heterocycles. The molecule has 2 amide bonds. The van der Waals surface area contributed by atoms with E-state index in [4.69, 9.17) is 4.42 Å². The number of amides is 2. The zero-order valence-electron chi connectivity index (χ0n) is 15.8. The Morgan fingerprint density at radius 1 is 1.04 bits per heavy atom. The van der Waals surface area contributed by atoms with Crippen molar-refractivity contribution in [2.45, 2.75) is 6.04 Å². The van der Waals surface area contributed by atoms with Crippen LogP contribution in [0.25, 0.3) is 0 Å². The molecule has 0 bridgehead atoms. The van der Waals surface area contributed by atoms with Crippen molar-refractivity contribution < 1.29 is 14.0 Å². The number of furan rings is 1. The smallest absolute Gasteiger partial charge is 0.309 e. The standard InChI is InChI=1S/C21H26N4O3/c1-2-10-22-20(26)21(27)23-16-18(19-9-6-15-28-19)25-13-11-24(12-14-25)17-7-4-3-5-8-17/h2-9,15,18H,1,10-14,16H2,(H,22,26)(H,23,27). The SMILES string of the molecule is C=CCNC(=O)C(=O)NCC(c1ccco1)N1CCN(c2ccccc2)CC1. The van der Waals surface area contributed by atoms with E-state index in [1.807, 2.05) is 30.3 Å². The summed E-state index contributed by atoms with van der Waals surface area (Å²) < 4.78 is 5.60. The van der Waals surface area contributed by atoms with Gasteiger partial charge < -0.3 is 20.0 Å². The molecule has 1 saturated heterocycles. The molecule has 1 fully saturated rings. The summed E-state index contributed by atoms with van der Waals surface area (Å²) in [5.41, 5.74) is 1.21. The fourth-order valence-corrected chi connectivity index (χ4v) is 3.34. The largest absolute Gasteiger partial charge is 0.468 e. The minimum atomic E-state index is -0.660. The van der Waals surface area contributed by atoms with E-state index in [0.717, 1.165) is 31.9 Å². The number of benzene rings is 1. The average Bonchev–Trinajstić information content (AvgIpc) is 3.27. The average molecular weight is 382 g/mol. The minimum absolute atomic E-state index is 0.121. The fraction of sp³-hybridized carbons (Fsp3) is 0.333. The summed E-state index contributed by atoms with van der Waals surface area (Å²) in [5, 5.41) is 5.20. The molecule has 2 aromatic rings. The third-order valence-corrected chi connectivity index (χ3v) is 4.82. The second-order valence-corrected chi connectivity index (χ2v) is 6.60. The van der Waals surface area contributed by atoms with Crippen LogP contribution in [0.3, 0.4) is 0 Å². The summed E-state index contributed by atoms with van der Waals surface area (Å²) in [4.78, 5) is 28.4. The molecule has 0 aliphatic carbocycles. The van der Waals surface area contributed by atoms with Gasteiger partial charge in [-0.05, 0) is 24.3 Å². The Hall–Kier alpha value is -3.06. The lowest BCUT2D eigenvalue weighted by Crippen LogP contribution is -2.50. The lowest BCUT2D eigenvalue weighted by Gasteiger charge is -2.39. The van der Waals surface area contributed by atoms with Gasteiger partial charge in [-0.3, -0.25) is 14.5 Å². The van der Waals surface area contributed by atoms with Gasteiger partial charge >= 0.3 is 11.8 Å². The highest BCUT2D eigenvalue weighted by molar-refractivity contribution is 6.35. The van der Waals surface area contributed by atoms with E-state index in [0.29, 0.717) is 6.54 Å². The Kier molecular flexibility index (Phi) is 6.86. The van der Waals surface area contributed by atoms with Gasteiger partial charge in [0.2, 0.25) is 0 Å². The second kappa shape index (κ2) is 9.75. The first kappa shape index (κ1) is 19.7. The van der Waals surface area contributed by atoms with Crippen molar-refractivity contribution in [1.29, 1.82) is 0 Å². The maximum absolute atomic E-state index is 12.0. The fourth-order valence-electron chi connectivity index (χ4n) is 3.34. The molecule has 3 rings (SSSR count). The summed E-state index contributed by atoms with van der Waals surface area (Å²) in [6, 6.07) is 13.9. The van der Waals surface area contributed by atoms with Crippen LogP contribution in [0.5, 0.6) is 0 Å². The number of nitrogens with zero attached hydrogens (tertiary/aromatic N) is 2. The van der Waals surface area contributed by atoms with Crippen LogP contribution in [0.15, 0.2) is 65.8 Å². The highest BCUT2D eigenvalue weighted by atomic mass is 16.3. The molecule has 2 N–H and O–H groups in total. The van der Waals surface area contributed by atoms with Gasteiger partial charge in [-0.2, -0.15) is 0 Å². The molecule has 0 spiro atoms. The van der Waals surface area contributed by atoms with Crippen LogP contribution in [-0.4, -0.2) is 56.0 Å². The van der Waals surface area contributed by atoms with Crippen molar-refractivity contribution in [2.75, 3.05) is 44.2 Å². The Balaban J connectivity index is 1.59. The van der Waals surface area contributed by atoms with E-state index < -0.39 is 11.8 Å². The maximum Gasteiger partial charge on any atom is 0.309 e. The molecule has 0 radical (unpaired) electrons. The Bertz CT molecular complexity index is 768. The molecule has 1 aromatic heterocycles. The third-order valence-electron chi connectivity index (χ3n) is 4.82. The first-order valence-corrected chi connectivity index (χ1v) is 9.43. The van der Waals surface area contributed by atoms with Gasteiger partial charge in [0.15, 0.2) is 0 Å². The Morgan fingerprint density at radius 3 is 2.39 bits per heavy atom. The van der Waals surface area contributed by atoms with Crippen molar-refractivity contribution in [2.24, 2.45) is 0 Å². The number of carbonyl (C=O) groups is 2. The van der Waals surface area contributed by atoms with Crippen LogP contribution in [0.1, 0.15) is 11.8 Å². The molecule has 1 unspecified atom stereocenters. The van der Waals surface area contributed by atoms with Crippen molar-refractivity contribution in [3.63, 3.8) is 0 Å². The minimum Gasteiger partial charge on any atom is -0.468 e. The topological polar surface area (TPSA) is 77.8 Å². The zero-order valence-corrected chi connectivity index (χ0v) is 15.8. The van der Waals surface area contributed by atoms with E-state index in [1.165, 1.54) is 11.8 Å². The van der Waals surface area contributed by atoms with Gasteiger partial charge in [0.05, 0.1) is 12.3 Å². The summed E-state index contributed by atoms with van der Waals surface area (Å²) in [7, 11) is 0. The lowest BCUT2D eigenvalue weighted by molar-refractivity contribution is -0.139. The number of carbonyl (C=O) groups excluding carboxylic acids is 2. The van der Waals surface area contributed by atoms with Crippen molar-refractivity contribution in [3.8, 4) is 0 Å². The number of hydrogen-bond acceptors (Lipinski definition) is 5. The molecule has 0 saturated carbocycles. The second-order valence-electron chi connectivity index (χ2n) is 6.60. The van der Waals surface area contributed by atoms with Crippen molar-refractivity contribution in [1.82, 2.24) is 15.5 Å². The highest BCUT2D eigenvalue weighted by Gasteiger charge is 2.28. The molecular weight excluding hydrogens is 356 g/mol. The molecule has 1 aliphatic heterocycles. The van der Waals surface area contributed by atoms with Crippen molar-refractivity contribution in [3.05, 3.63) is 67.1 Å². The van der Waals surface area contributed by atoms with Crippen molar-refractivity contribution >= 4 is 17.5 Å². The van der Waals surface area contributed by atoms with Gasteiger partial charge in [0.25, 0.3) is 0 Å². The first-order chi connectivity index (χ1) is 13.7. The predicted molar refractivity (Wildman–Crippen MR) is 108 cm³/mol. The number of para-hydroxylation sites is 1. The van der Waals surface area contributed by atoms with E-state index in [1.54, 1.807) is 6.26 Å². The van der Waals surface area contributed by atoms with E-state index in [-0.39, 0.29) is 12.6 Å².